The second kappa shape index (κ2) is 8.12. The van der Waals surface area contributed by atoms with Gasteiger partial charge in [-0.3, -0.25) is 4.79 Å². The second-order valence-corrected chi connectivity index (χ2v) is 4.95. The highest BCUT2D eigenvalue weighted by molar-refractivity contribution is 5.79. The summed E-state index contributed by atoms with van der Waals surface area (Å²) in [5.41, 5.74) is 5.64. The van der Waals surface area contributed by atoms with Gasteiger partial charge in [0.25, 0.3) is 0 Å². The molecule has 0 bridgehead atoms. The fourth-order valence-electron chi connectivity index (χ4n) is 2.38. The maximum Gasteiger partial charge on any atom is 0.329 e. The highest BCUT2D eigenvalue weighted by atomic mass is 16.5. The lowest BCUT2D eigenvalue weighted by molar-refractivity contribution is -0.147. The average molecular weight is 272 g/mol. The SMILES string of the molecule is CCCC(CN)C(=O)N1CCC(OCC(=O)O)CC1. The quantitative estimate of drug-likeness (QED) is 0.702. The lowest BCUT2D eigenvalue weighted by atomic mass is 10.00. The van der Waals surface area contributed by atoms with Crippen LogP contribution in [-0.4, -0.2) is 54.2 Å². The molecule has 1 rings (SSSR count). The number of nitrogens with zero attached hydrogens (tertiary/aromatic N) is 1. The van der Waals surface area contributed by atoms with Crippen LogP contribution in [0.25, 0.3) is 0 Å². The first kappa shape index (κ1) is 15.9. The van der Waals surface area contributed by atoms with E-state index in [-0.39, 0.29) is 24.5 Å². The zero-order valence-corrected chi connectivity index (χ0v) is 11.5. The smallest absolute Gasteiger partial charge is 0.329 e. The highest BCUT2D eigenvalue weighted by Crippen LogP contribution is 2.17. The van der Waals surface area contributed by atoms with E-state index in [4.69, 9.17) is 15.6 Å². The van der Waals surface area contributed by atoms with Gasteiger partial charge in [0.2, 0.25) is 5.91 Å². The van der Waals surface area contributed by atoms with Crippen molar-refractivity contribution in [2.75, 3.05) is 26.2 Å². The predicted molar refractivity (Wildman–Crippen MR) is 70.6 cm³/mol. The molecule has 1 amide bonds. The molecule has 3 N–H and O–H groups in total. The standard InChI is InChI=1S/C13H24N2O4/c1-2-3-10(8-14)13(18)15-6-4-11(5-7-15)19-9-12(16)17/h10-11H,2-9,14H2,1H3,(H,16,17). The van der Waals surface area contributed by atoms with Crippen molar-refractivity contribution in [2.24, 2.45) is 11.7 Å². The number of hydrogen-bond donors (Lipinski definition) is 2. The van der Waals surface area contributed by atoms with Crippen LogP contribution in [0.4, 0.5) is 0 Å². The zero-order valence-electron chi connectivity index (χ0n) is 11.5. The number of carboxylic acid groups (broad SMARTS) is 1. The number of rotatable bonds is 7. The van der Waals surface area contributed by atoms with Crippen LogP contribution < -0.4 is 5.73 Å². The van der Waals surface area contributed by atoms with Gasteiger partial charge in [-0.05, 0) is 19.3 Å². The fraction of sp³-hybridized carbons (Fsp3) is 0.846. The minimum absolute atomic E-state index is 0.0531. The first-order valence-corrected chi connectivity index (χ1v) is 6.90. The van der Waals surface area contributed by atoms with Crippen LogP contribution >= 0.6 is 0 Å². The van der Waals surface area contributed by atoms with E-state index in [1.54, 1.807) is 0 Å². The van der Waals surface area contributed by atoms with Gasteiger partial charge in [0, 0.05) is 19.6 Å². The number of ether oxygens (including phenoxy) is 1. The van der Waals surface area contributed by atoms with E-state index in [2.05, 4.69) is 0 Å². The normalized spacial score (nSPS) is 18.3. The Morgan fingerprint density at radius 2 is 2.05 bits per heavy atom. The molecule has 1 saturated heterocycles. The number of carbonyl (C=O) groups excluding carboxylic acids is 1. The first-order chi connectivity index (χ1) is 9.08. The van der Waals surface area contributed by atoms with Crippen molar-refractivity contribution in [1.29, 1.82) is 0 Å². The van der Waals surface area contributed by atoms with Crippen molar-refractivity contribution in [2.45, 2.75) is 38.7 Å². The molecule has 1 aliphatic rings. The minimum atomic E-state index is -0.954. The summed E-state index contributed by atoms with van der Waals surface area (Å²) in [6.45, 7) is 3.43. The van der Waals surface area contributed by atoms with Gasteiger partial charge < -0.3 is 20.5 Å². The lowest BCUT2D eigenvalue weighted by Gasteiger charge is -2.33. The molecule has 6 heteroatoms. The second-order valence-electron chi connectivity index (χ2n) is 4.95. The molecule has 0 spiro atoms. The van der Waals surface area contributed by atoms with Gasteiger partial charge in [-0.25, -0.2) is 4.79 Å². The topological polar surface area (TPSA) is 92.9 Å². The Balaban J connectivity index is 2.36. The summed E-state index contributed by atoms with van der Waals surface area (Å²) in [7, 11) is 0. The van der Waals surface area contributed by atoms with Gasteiger partial charge in [0.05, 0.1) is 12.0 Å². The Kier molecular flexibility index (Phi) is 6.80. The van der Waals surface area contributed by atoms with Crippen molar-refractivity contribution in [1.82, 2.24) is 4.90 Å². The lowest BCUT2D eigenvalue weighted by Crippen LogP contribution is -2.45. The Bertz CT molecular complexity index is 301. The molecule has 0 aromatic rings. The Morgan fingerprint density at radius 1 is 1.42 bits per heavy atom. The van der Waals surface area contributed by atoms with Gasteiger partial charge in [0.1, 0.15) is 6.61 Å². The Hall–Kier alpha value is -1.14. The molecule has 0 radical (unpaired) electrons. The van der Waals surface area contributed by atoms with Gasteiger partial charge in [-0.1, -0.05) is 13.3 Å². The van der Waals surface area contributed by atoms with Crippen LogP contribution in [0.15, 0.2) is 0 Å². The Morgan fingerprint density at radius 3 is 2.53 bits per heavy atom. The number of aliphatic carboxylic acids is 1. The molecule has 0 aromatic carbocycles. The molecule has 1 aliphatic heterocycles. The monoisotopic (exact) mass is 272 g/mol. The van der Waals surface area contributed by atoms with Gasteiger partial charge in [-0.2, -0.15) is 0 Å². The molecule has 1 fully saturated rings. The van der Waals surface area contributed by atoms with Crippen LogP contribution in [0, 0.1) is 5.92 Å². The molecule has 0 saturated carbocycles. The van der Waals surface area contributed by atoms with Crippen molar-refractivity contribution < 1.29 is 19.4 Å². The molecule has 110 valence electrons. The molecule has 6 nitrogen and oxygen atoms in total. The Labute approximate surface area is 113 Å². The van der Waals surface area contributed by atoms with Crippen molar-refractivity contribution in [3.63, 3.8) is 0 Å². The molecule has 0 aromatic heterocycles. The van der Waals surface area contributed by atoms with Crippen LogP contribution in [0.2, 0.25) is 0 Å². The highest BCUT2D eigenvalue weighted by Gasteiger charge is 2.27. The number of likely N-dealkylation sites (tertiary alicyclic amines) is 1. The van der Waals surface area contributed by atoms with E-state index in [1.165, 1.54) is 0 Å². The van der Waals surface area contributed by atoms with E-state index in [0.29, 0.717) is 32.5 Å². The maximum atomic E-state index is 12.2. The number of amides is 1. The van der Waals surface area contributed by atoms with Crippen molar-refractivity contribution in [3.05, 3.63) is 0 Å². The summed E-state index contributed by atoms with van der Waals surface area (Å²) in [5.74, 6) is -0.910. The third-order valence-corrected chi connectivity index (χ3v) is 3.47. The van der Waals surface area contributed by atoms with E-state index in [0.717, 1.165) is 12.8 Å². The van der Waals surface area contributed by atoms with Gasteiger partial charge in [0.15, 0.2) is 0 Å². The summed E-state index contributed by atoms with van der Waals surface area (Å²) in [5, 5.41) is 8.54. The number of carbonyl (C=O) groups is 2. The number of nitrogens with two attached hydrogens (primary N) is 1. The largest absolute Gasteiger partial charge is 0.480 e. The van der Waals surface area contributed by atoms with Gasteiger partial charge >= 0.3 is 5.97 Å². The molecule has 1 atom stereocenters. The average Bonchev–Trinajstić information content (AvgIpc) is 2.42. The zero-order chi connectivity index (χ0) is 14.3. The summed E-state index contributed by atoms with van der Waals surface area (Å²) >= 11 is 0. The summed E-state index contributed by atoms with van der Waals surface area (Å²) < 4.78 is 5.24. The van der Waals surface area contributed by atoms with Gasteiger partial charge in [-0.15, -0.1) is 0 Å². The number of piperidine rings is 1. The minimum Gasteiger partial charge on any atom is -0.480 e. The molecular weight excluding hydrogens is 248 g/mol. The molecule has 19 heavy (non-hydrogen) atoms. The predicted octanol–water partition coefficient (Wildman–Crippen LogP) is 0.454. The molecular formula is C13H24N2O4. The van der Waals surface area contributed by atoms with E-state index >= 15 is 0 Å². The summed E-state index contributed by atoms with van der Waals surface area (Å²) in [4.78, 5) is 24.4. The van der Waals surface area contributed by atoms with E-state index in [9.17, 15) is 9.59 Å². The van der Waals surface area contributed by atoms with Crippen LogP contribution in [0.3, 0.4) is 0 Å². The summed E-state index contributed by atoms with van der Waals surface area (Å²) in [6.07, 6.45) is 3.11. The number of hydrogen-bond acceptors (Lipinski definition) is 4. The van der Waals surface area contributed by atoms with E-state index in [1.807, 2.05) is 11.8 Å². The fourth-order valence-corrected chi connectivity index (χ4v) is 2.38. The third kappa shape index (κ3) is 5.16. The van der Waals surface area contributed by atoms with Crippen LogP contribution in [0.1, 0.15) is 32.6 Å². The maximum absolute atomic E-state index is 12.2. The van der Waals surface area contributed by atoms with Crippen molar-refractivity contribution >= 4 is 11.9 Å². The number of carboxylic acids is 1. The first-order valence-electron chi connectivity index (χ1n) is 6.90. The van der Waals surface area contributed by atoms with Crippen LogP contribution in [0.5, 0.6) is 0 Å². The van der Waals surface area contributed by atoms with Crippen molar-refractivity contribution in [3.8, 4) is 0 Å². The molecule has 1 heterocycles. The third-order valence-electron chi connectivity index (χ3n) is 3.47. The molecule has 1 unspecified atom stereocenters. The van der Waals surface area contributed by atoms with E-state index < -0.39 is 5.97 Å². The van der Waals surface area contributed by atoms with Crippen LogP contribution in [-0.2, 0) is 14.3 Å². The molecule has 0 aliphatic carbocycles. The summed E-state index contributed by atoms with van der Waals surface area (Å²) in [6, 6.07) is 0.